The Kier molecular flexibility index (Phi) is 4.87. The van der Waals surface area contributed by atoms with Crippen LogP contribution < -0.4 is 4.90 Å². The number of thioether (sulfide) groups is 1. The first-order valence-corrected chi connectivity index (χ1v) is 7.63. The van der Waals surface area contributed by atoms with Crippen LogP contribution in [-0.2, 0) is 11.8 Å². The van der Waals surface area contributed by atoms with Crippen molar-refractivity contribution in [3.05, 3.63) is 0 Å². The van der Waals surface area contributed by atoms with E-state index in [0.717, 1.165) is 25.5 Å². The molecule has 1 aromatic heterocycles. The van der Waals surface area contributed by atoms with Gasteiger partial charge in [-0.3, -0.25) is 9.36 Å². The minimum absolute atomic E-state index is 0.00184. The number of rotatable bonds is 5. The van der Waals surface area contributed by atoms with Gasteiger partial charge in [0.05, 0.1) is 5.75 Å². The third kappa shape index (κ3) is 3.43. The quantitative estimate of drug-likeness (QED) is 0.795. The van der Waals surface area contributed by atoms with E-state index in [1.165, 1.54) is 18.2 Å². The highest BCUT2D eigenvalue weighted by atomic mass is 32.2. The van der Waals surface area contributed by atoms with Crippen molar-refractivity contribution < 1.29 is 9.90 Å². The largest absolute Gasteiger partial charge is 0.481 e. The Morgan fingerprint density at radius 2 is 2.25 bits per heavy atom. The van der Waals surface area contributed by atoms with Crippen molar-refractivity contribution in [2.24, 2.45) is 7.05 Å². The molecule has 0 aliphatic carbocycles. The molecule has 2 rings (SSSR count). The normalized spacial score (nSPS) is 20.1. The number of carboxylic acid groups (broad SMARTS) is 1. The molecule has 8 heteroatoms. The number of anilines is 1. The first kappa shape index (κ1) is 15.1. The molecule has 1 aromatic rings. The number of hydrogen-bond acceptors (Lipinski definition) is 6. The van der Waals surface area contributed by atoms with Crippen LogP contribution in [0.2, 0.25) is 0 Å². The van der Waals surface area contributed by atoms with E-state index in [1.807, 2.05) is 18.7 Å². The molecule has 2 heterocycles. The SMILES string of the molecule is CN1CCCC(N(C)c2nnc(SCC(=O)O)n2C)C1. The van der Waals surface area contributed by atoms with Crippen LogP contribution in [0.3, 0.4) is 0 Å². The zero-order valence-corrected chi connectivity index (χ0v) is 12.9. The summed E-state index contributed by atoms with van der Waals surface area (Å²) in [6.07, 6.45) is 2.33. The van der Waals surface area contributed by atoms with Crippen LogP contribution in [0, 0.1) is 0 Å². The Labute approximate surface area is 123 Å². The van der Waals surface area contributed by atoms with Gasteiger partial charge in [0.25, 0.3) is 0 Å². The van der Waals surface area contributed by atoms with Gasteiger partial charge in [0.15, 0.2) is 5.16 Å². The second-order valence-electron chi connectivity index (χ2n) is 5.19. The Hall–Kier alpha value is -1.28. The molecule has 0 bridgehead atoms. The third-order valence-electron chi connectivity index (χ3n) is 3.60. The van der Waals surface area contributed by atoms with Crippen molar-refractivity contribution in [3.63, 3.8) is 0 Å². The minimum atomic E-state index is -0.846. The maximum atomic E-state index is 10.6. The number of aromatic nitrogens is 3. The van der Waals surface area contributed by atoms with E-state index >= 15 is 0 Å². The van der Waals surface area contributed by atoms with Crippen molar-refractivity contribution in [3.8, 4) is 0 Å². The van der Waals surface area contributed by atoms with Gasteiger partial charge >= 0.3 is 5.97 Å². The monoisotopic (exact) mass is 299 g/mol. The average Bonchev–Trinajstić information content (AvgIpc) is 2.77. The predicted octanol–water partition coefficient (Wildman–Crippen LogP) is 0.522. The fraction of sp³-hybridized carbons (Fsp3) is 0.750. The Morgan fingerprint density at radius 3 is 2.90 bits per heavy atom. The van der Waals surface area contributed by atoms with E-state index in [4.69, 9.17) is 5.11 Å². The van der Waals surface area contributed by atoms with Gasteiger partial charge in [0, 0.05) is 26.7 Å². The molecular formula is C12H21N5O2S. The van der Waals surface area contributed by atoms with Crippen LogP contribution in [0.4, 0.5) is 5.95 Å². The minimum Gasteiger partial charge on any atom is -0.481 e. The lowest BCUT2D eigenvalue weighted by molar-refractivity contribution is -0.133. The van der Waals surface area contributed by atoms with Gasteiger partial charge in [-0.2, -0.15) is 0 Å². The summed E-state index contributed by atoms with van der Waals surface area (Å²) in [5.41, 5.74) is 0. The lowest BCUT2D eigenvalue weighted by Gasteiger charge is -2.36. The molecule has 1 unspecified atom stereocenters. The molecule has 1 aliphatic rings. The average molecular weight is 299 g/mol. The van der Waals surface area contributed by atoms with Crippen LogP contribution in [0.25, 0.3) is 0 Å². The predicted molar refractivity (Wildman–Crippen MR) is 78.3 cm³/mol. The van der Waals surface area contributed by atoms with Gasteiger partial charge in [0.2, 0.25) is 5.95 Å². The van der Waals surface area contributed by atoms with Crippen molar-refractivity contribution in [2.45, 2.75) is 24.0 Å². The second-order valence-corrected chi connectivity index (χ2v) is 6.14. The van der Waals surface area contributed by atoms with E-state index < -0.39 is 5.97 Å². The van der Waals surface area contributed by atoms with Gasteiger partial charge in [-0.25, -0.2) is 0 Å². The molecule has 0 aromatic carbocycles. The van der Waals surface area contributed by atoms with Crippen LogP contribution in [0.5, 0.6) is 0 Å². The number of likely N-dealkylation sites (tertiary alicyclic amines) is 1. The Bertz CT molecular complexity index is 478. The summed E-state index contributed by atoms with van der Waals surface area (Å²) in [5, 5.41) is 17.6. The first-order chi connectivity index (χ1) is 9.49. The number of piperidine rings is 1. The zero-order chi connectivity index (χ0) is 14.7. The highest BCUT2D eigenvalue weighted by Gasteiger charge is 2.24. The molecular weight excluding hydrogens is 278 g/mol. The van der Waals surface area contributed by atoms with Gasteiger partial charge in [-0.15, -0.1) is 10.2 Å². The summed E-state index contributed by atoms with van der Waals surface area (Å²) in [6.45, 7) is 2.16. The number of hydrogen-bond donors (Lipinski definition) is 1. The molecule has 0 radical (unpaired) electrons. The first-order valence-electron chi connectivity index (χ1n) is 6.64. The third-order valence-corrected chi connectivity index (χ3v) is 4.60. The number of nitrogens with zero attached hydrogens (tertiary/aromatic N) is 5. The molecule has 0 spiro atoms. The van der Waals surface area contributed by atoms with E-state index in [2.05, 4.69) is 27.0 Å². The fourth-order valence-electron chi connectivity index (χ4n) is 2.48. The standard InChI is InChI=1S/C12H21N5O2S/c1-15-6-4-5-9(7-15)16(2)11-13-14-12(17(11)3)20-8-10(18)19/h9H,4-8H2,1-3H3,(H,18,19). The topological polar surface area (TPSA) is 74.5 Å². The summed E-state index contributed by atoms with van der Waals surface area (Å²) in [5.74, 6) is -0.0537. The maximum Gasteiger partial charge on any atom is 0.313 e. The van der Waals surface area contributed by atoms with Gasteiger partial charge in [0.1, 0.15) is 0 Å². The summed E-state index contributed by atoms with van der Waals surface area (Å²) in [4.78, 5) is 15.1. The molecule has 20 heavy (non-hydrogen) atoms. The lowest BCUT2D eigenvalue weighted by atomic mass is 10.1. The van der Waals surface area contributed by atoms with Gasteiger partial charge < -0.3 is 14.9 Å². The molecule has 1 fully saturated rings. The van der Waals surface area contributed by atoms with Crippen LogP contribution >= 0.6 is 11.8 Å². The zero-order valence-electron chi connectivity index (χ0n) is 12.1. The van der Waals surface area contributed by atoms with Crippen molar-refractivity contribution in [2.75, 3.05) is 37.8 Å². The highest BCUT2D eigenvalue weighted by molar-refractivity contribution is 7.99. The summed E-state index contributed by atoms with van der Waals surface area (Å²) in [6, 6.07) is 0.425. The van der Waals surface area contributed by atoms with E-state index in [0.29, 0.717) is 11.2 Å². The summed E-state index contributed by atoms with van der Waals surface area (Å²) in [7, 11) is 6.03. The van der Waals surface area contributed by atoms with Gasteiger partial charge in [-0.1, -0.05) is 11.8 Å². The smallest absolute Gasteiger partial charge is 0.313 e. The fourth-order valence-corrected chi connectivity index (χ4v) is 3.11. The summed E-state index contributed by atoms with van der Waals surface area (Å²) >= 11 is 1.19. The molecule has 1 atom stereocenters. The van der Waals surface area contributed by atoms with Gasteiger partial charge in [-0.05, 0) is 26.4 Å². The van der Waals surface area contributed by atoms with E-state index in [-0.39, 0.29) is 5.75 Å². The van der Waals surface area contributed by atoms with Crippen LogP contribution in [0.1, 0.15) is 12.8 Å². The number of carboxylic acids is 1. The van der Waals surface area contributed by atoms with Crippen molar-refractivity contribution in [1.29, 1.82) is 0 Å². The number of likely N-dealkylation sites (N-methyl/N-ethyl adjacent to an activating group) is 2. The Morgan fingerprint density at radius 1 is 1.50 bits per heavy atom. The molecule has 7 nitrogen and oxygen atoms in total. The molecule has 0 saturated carbocycles. The van der Waals surface area contributed by atoms with E-state index in [9.17, 15) is 4.79 Å². The summed E-state index contributed by atoms with van der Waals surface area (Å²) < 4.78 is 1.86. The molecule has 1 saturated heterocycles. The van der Waals surface area contributed by atoms with Crippen molar-refractivity contribution in [1.82, 2.24) is 19.7 Å². The van der Waals surface area contributed by atoms with Crippen LogP contribution in [0.15, 0.2) is 5.16 Å². The Balaban J connectivity index is 2.06. The van der Waals surface area contributed by atoms with Crippen molar-refractivity contribution >= 4 is 23.7 Å². The molecule has 1 N–H and O–H groups in total. The number of carbonyl (C=O) groups is 1. The lowest BCUT2D eigenvalue weighted by Crippen LogP contribution is -2.45. The second kappa shape index (κ2) is 6.45. The molecule has 112 valence electrons. The van der Waals surface area contributed by atoms with Crippen LogP contribution in [-0.4, -0.2) is 69.7 Å². The molecule has 1 aliphatic heterocycles. The number of aliphatic carboxylic acids is 1. The highest BCUT2D eigenvalue weighted by Crippen LogP contribution is 2.23. The maximum absolute atomic E-state index is 10.6. The van der Waals surface area contributed by atoms with E-state index in [1.54, 1.807) is 0 Å². The molecule has 0 amide bonds.